The highest BCUT2D eigenvalue weighted by molar-refractivity contribution is 6.00. The fourth-order valence-corrected chi connectivity index (χ4v) is 3.15. The molecular formula is C20H22N2O8. The summed E-state index contributed by atoms with van der Waals surface area (Å²) in [5, 5.41) is 14.3. The lowest BCUT2D eigenvalue weighted by Gasteiger charge is -2.19. The van der Waals surface area contributed by atoms with Crippen molar-refractivity contribution in [1.29, 1.82) is 0 Å². The van der Waals surface area contributed by atoms with Crippen LogP contribution in [0.4, 0.5) is 5.69 Å². The van der Waals surface area contributed by atoms with Gasteiger partial charge in [0, 0.05) is 12.6 Å². The van der Waals surface area contributed by atoms with Gasteiger partial charge in [-0.05, 0) is 24.1 Å². The molecular weight excluding hydrogens is 396 g/mol. The van der Waals surface area contributed by atoms with E-state index in [1.807, 2.05) is 18.2 Å². The maximum absolute atomic E-state index is 12.7. The first kappa shape index (κ1) is 21.0. The summed E-state index contributed by atoms with van der Waals surface area (Å²) < 4.78 is 26.5. The lowest BCUT2D eigenvalue weighted by Crippen LogP contribution is -2.26. The molecule has 0 bridgehead atoms. The van der Waals surface area contributed by atoms with Gasteiger partial charge in [0.05, 0.1) is 26.3 Å². The number of nitro groups is 1. The number of ether oxygens (including phenoxy) is 5. The molecule has 0 saturated carbocycles. The molecule has 1 aliphatic heterocycles. The van der Waals surface area contributed by atoms with Gasteiger partial charge < -0.3 is 29.0 Å². The van der Waals surface area contributed by atoms with Crippen molar-refractivity contribution >= 4 is 11.6 Å². The van der Waals surface area contributed by atoms with Gasteiger partial charge in [-0.1, -0.05) is 6.07 Å². The van der Waals surface area contributed by atoms with Gasteiger partial charge in [-0.15, -0.1) is 0 Å². The Hall–Kier alpha value is -3.69. The molecule has 0 unspecified atom stereocenters. The zero-order valence-electron chi connectivity index (χ0n) is 16.9. The summed E-state index contributed by atoms with van der Waals surface area (Å²) in [5.41, 5.74) is 0.252. The summed E-state index contributed by atoms with van der Waals surface area (Å²) in [6.45, 7) is 1.25. The summed E-state index contributed by atoms with van der Waals surface area (Å²) in [6, 6.07) is 6.80. The highest BCUT2D eigenvalue weighted by Crippen LogP contribution is 2.46. The van der Waals surface area contributed by atoms with Gasteiger partial charge in [-0.2, -0.15) is 0 Å². The summed E-state index contributed by atoms with van der Waals surface area (Å²) in [6.07, 6.45) is 0.501. The van der Waals surface area contributed by atoms with E-state index in [0.717, 1.165) is 5.56 Å². The molecule has 3 rings (SSSR count). The van der Waals surface area contributed by atoms with Crippen molar-refractivity contribution in [2.24, 2.45) is 0 Å². The summed E-state index contributed by atoms with van der Waals surface area (Å²) in [5.74, 6) is 0.723. The van der Waals surface area contributed by atoms with Crippen molar-refractivity contribution in [2.45, 2.75) is 6.42 Å². The van der Waals surface area contributed by atoms with Gasteiger partial charge in [0.1, 0.15) is 18.8 Å². The van der Waals surface area contributed by atoms with Crippen LogP contribution in [0.5, 0.6) is 28.7 Å². The van der Waals surface area contributed by atoms with Crippen LogP contribution in [0.2, 0.25) is 0 Å². The van der Waals surface area contributed by atoms with E-state index in [1.165, 1.54) is 27.4 Å². The van der Waals surface area contributed by atoms with Crippen molar-refractivity contribution in [3.05, 3.63) is 45.5 Å². The van der Waals surface area contributed by atoms with E-state index in [4.69, 9.17) is 23.7 Å². The monoisotopic (exact) mass is 418 g/mol. The van der Waals surface area contributed by atoms with Crippen molar-refractivity contribution in [2.75, 3.05) is 41.1 Å². The molecule has 0 fully saturated rings. The second kappa shape index (κ2) is 9.21. The molecule has 1 aliphatic rings. The number of nitro benzene ring substituents is 1. The number of carbonyl (C=O) groups excluding carboxylic acids is 1. The number of hydrogen-bond donors (Lipinski definition) is 1. The predicted molar refractivity (Wildman–Crippen MR) is 106 cm³/mol. The van der Waals surface area contributed by atoms with Gasteiger partial charge in [0.2, 0.25) is 11.5 Å². The van der Waals surface area contributed by atoms with Gasteiger partial charge in [0.25, 0.3) is 5.91 Å². The molecule has 160 valence electrons. The average molecular weight is 418 g/mol. The molecule has 0 aliphatic carbocycles. The molecule has 0 radical (unpaired) electrons. The Labute approximate surface area is 172 Å². The predicted octanol–water partition coefficient (Wildman–Crippen LogP) is 2.36. The Balaban J connectivity index is 1.78. The number of methoxy groups -OCH3 is 3. The quantitative estimate of drug-likeness (QED) is 0.513. The number of nitrogens with zero attached hydrogens (tertiary/aromatic N) is 1. The normalized spacial score (nSPS) is 12.1. The first-order chi connectivity index (χ1) is 14.5. The van der Waals surface area contributed by atoms with Gasteiger partial charge in [-0.25, -0.2) is 0 Å². The maximum atomic E-state index is 12.7. The van der Waals surface area contributed by atoms with E-state index < -0.39 is 16.5 Å². The summed E-state index contributed by atoms with van der Waals surface area (Å²) >= 11 is 0. The Morgan fingerprint density at radius 3 is 2.40 bits per heavy atom. The Morgan fingerprint density at radius 1 is 1.07 bits per heavy atom. The lowest BCUT2D eigenvalue weighted by molar-refractivity contribution is -0.386. The zero-order valence-corrected chi connectivity index (χ0v) is 16.9. The van der Waals surface area contributed by atoms with E-state index in [0.29, 0.717) is 31.1 Å². The van der Waals surface area contributed by atoms with Crippen molar-refractivity contribution < 1.29 is 33.4 Å². The van der Waals surface area contributed by atoms with Crippen LogP contribution < -0.4 is 29.0 Å². The molecule has 1 N–H and O–H groups in total. The first-order valence-electron chi connectivity index (χ1n) is 9.14. The average Bonchev–Trinajstić information content (AvgIpc) is 2.76. The SMILES string of the molecule is COc1cc(C(=O)NCCc2ccc3c(c2)OCCO3)c([N+](=O)[O-])c(OC)c1OC. The molecule has 30 heavy (non-hydrogen) atoms. The minimum atomic E-state index is -0.684. The van der Waals surface area contributed by atoms with Crippen molar-refractivity contribution in [3.63, 3.8) is 0 Å². The van der Waals surface area contributed by atoms with E-state index in [-0.39, 0.29) is 29.4 Å². The standard InChI is InChI=1S/C20H22N2O8/c1-26-16-11-13(17(22(24)25)19(28-3)18(16)27-2)20(23)21-7-6-12-4-5-14-15(10-12)30-9-8-29-14/h4-5,10-11H,6-9H2,1-3H3,(H,21,23). The molecule has 0 spiro atoms. The third kappa shape index (κ3) is 4.17. The van der Waals surface area contributed by atoms with Crippen LogP contribution in [0.15, 0.2) is 24.3 Å². The molecule has 0 aromatic heterocycles. The van der Waals surface area contributed by atoms with Crippen LogP contribution in [0.1, 0.15) is 15.9 Å². The van der Waals surface area contributed by atoms with E-state index >= 15 is 0 Å². The second-order valence-electron chi connectivity index (χ2n) is 6.28. The highest BCUT2D eigenvalue weighted by atomic mass is 16.6. The molecule has 1 amide bonds. The molecule has 1 heterocycles. The Morgan fingerprint density at radius 2 is 1.77 bits per heavy atom. The van der Waals surface area contributed by atoms with Crippen LogP contribution in [0.3, 0.4) is 0 Å². The van der Waals surface area contributed by atoms with Crippen molar-refractivity contribution in [1.82, 2.24) is 5.32 Å². The van der Waals surface area contributed by atoms with E-state index in [1.54, 1.807) is 0 Å². The van der Waals surface area contributed by atoms with Crippen LogP contribution in [0, 0.1) is 10.1 Å². The van der Waals surface area contributed by atoms with Gasteiger partial charge in [0.15, 0.2) is 17.2 Å². The van der Waals surface area contributed by atoms with Crippen LogP contribution in [-0.4, -0.2) is 51.9 Å². The summed E-state index contributed by atoms with van der Waals surface area (Å²) in [7, 11) is 3.96. The minimum absolute atomic E-state index is 0.0412. The third-order valence-electron chi connectivity index (χ3n) is 4.54. The molecule has 2 aromatic rings. The van der Waals surface area contributed by atoms with E-state index in [2.05, 4.69) is 5.32 Å². The topological polar surface area (TPSA) is 118 Å². The molecule has 10 heteroatoms. The minimum Gasteiger partial charge on any atom is -0.493 e. The lowest BCUT2D eigenvalue weighted by atomic mass is 10.1. The smallest absolute Gasteiger partial charge is 0.327 e. The molecule has 2 aromatic carbocycles. The number of nitrogens with one attached hydrogen (secondary N) is 1. The fraction of sp³-hybridized carbons (Fsp3) is 0.350. The highest BCUT2D eigenvalue weighted by Gasteiger charge is 2.32. The van der Waals surface area contributed by atoms with Gasteiger partial charge >= 0.3 is 5.69 Å². The number of fused-ring (bicyclic) bond motifs is 1. The number of hydrogen-bond acceptors (Lipinski definition) is 8. The van der Waals surface area contributed by atoms with Crippen LogP contribution in [0.25, 0.3) is 0 Å². The molecule has 10 nitrogen and oxygen atoms in total. The molecule has 0 atom stereocenters. The molecule has 0 saturated heterocycles. The number of carbonyl (C=O) groups is 1. The zero-order chi connectivity index (χ0) is 21.7. The van der Waals surface area contributed by atoms with Gasteiger partial charge in [-0.3, -0.25) is 14.9 Å². The largest absolute Gasteiger partial charge is 0.493 e. The number of benzene rings is 2. The third-order valence-corrected chi connectivity index (χ3v) is 4.54. The summed E-state index contributed by atoms with van der Waals surface area (Å²) in [4.78, 5) is 23.7. The van der Waals surface area contributed by atoms with E-state index in [9.17, 15) is 14.9 Å². The van der Waals surface area contributed by atoms with Crippen LogP contribution in [-0.2, 0) is 6.42 Å². The first-order valence-corrected chi connectivity index (χ1v) is 9.14. The Bertz CT molecular complexity index is 960. The fourth-order valence-electron chi connectivity index (χ4n) is 3.15. The number of amides is 1. The van der Waals surface area contributed by atoms with Crippen LogP contribution >= 0.6 is 0 Å². The second-order valence-corrected chi connectivity index (χ2v) is 6.28. The Kier molecular flexibility index (Phi) is 6.45. The maximum Gasteiger partial charge on any atom is 0.327 e. The number of rotatable bonds is 8. The van der Waals surface area contributed by atoms with Crippen molar-refractivity contribution in [3.8, 4) is 28.7 Å².